The molecule has 2 N–H and O–H groups in total. The molecule has 0 unspecified atom stereocenters. The maximum Gasteiger partial charge on any atom is 0.165 e. The Morgan fingerprint density at radius 3 is 2.74 bits per heavy atom. The summed E-state index contributed by atoms with van der Waals surface area (Å²) < 4.78 is 2.04. The van der Waals surface area contributed by atoms with Crippen LogP contribution < -0.4 is 5.32 Å². The fourth-order valence-electron chi connectivity index (χ4n) is 3.18. The van der Waals surface area contributed by atoms with Crippen molar-refractivity contribution in [2.45, 2.75) is 38.0 Å². The second kappa shape index (κ2) is 5.31. The first kappa shape index (κ1) is 14.1. The third-order valence-corrected chi connectivity index (χ3v) is 4.41. The van der Waals surface area contributed by atoms with Crippen molar-refractivity contribution in [3.8, 4) is 0 Å². The normalized spacial score (nSPS) is 23.7. The highest BCUT2D eigenvalue weighted by Gasteiger charge is 2.40. The number of fused-ring (bicyclic) bond motifs is 1. The number of anilines is 1. The van der Waals surface area contributed by atoms with Gasteiger partial charge in [-0.05, 0) is 25.3 Å². The average Bonchev–Trinajstić information content (AvgIpc) is 2.96. The number of aliphatic hydroxyl groups is 1. The summed E-state index contributed by atoms with van der Waals surface area (Å²) in [5.41, 5.74) is 2.21. The number of nitrogens with one attached hydrogen (secondary N) is 1. The van der Waals surface area contributed by atoms with Gasteiger partial charge in [-0.2, -0.15) is 0 Å². The molecule has 0 saturated heterocycles. The van der Waals surface area contributed by atoms with Gasteiger partial charge in [-0.15, -0.1) is 0 Å². The zero-order chi connectivity index (χ0) is 15.9. The van der Waals surface area contributed by atoms with Gasteiger partial charge < -0.3 is 15.0 Å². The molecule has 23 heavy (non-hydrogen) atoms. The molecule has 6 heteroatoms. The highest BCUT2D eigenvalue weighted by molar-refractivity contribution is 5.82. The van der Waals surface area contributed by atoms with Gasteiger partial charge >= 0.3 is 0 Å². The maximum atomic E-state index is 9.94. The van der Waals surface area contributed by atoms with E-state index in [2.05, 4.69) is 32.4 Å². The van der Waals surface area contributed by atoms with Crippen LogP contribution >= 0.6 is 0 Å². The lowest BCUT2D eigenvalue weighted by molar-refractivity contribution is -0.0499. The van der Waals surface area contributed by atoms with Gasteiger partial charge in [-0.1, -0.05) is 30.3 Å². The molecule has 0 amide bonds. The second-order valence-electron chi connectivity index (χ2n) is 6.44. The van der Waals surface area contributed by atoms with Crippen LogP contribution in [-0.4, -0.2) is 30.2 Å². The molecular formula is C17H19N5O. The van der Waals surface area contributed by atoms with Crippen LogP contribution in [0.1, 0.15) is 31.4 Å². The van der Waals surface area contributed by atoms with Crippen LogP contribution in [0.2, 0.25) is 0 Å². The van der Waals surface area contributed by atoms with E-state index in [9.17, 15) is 5.11 Å². The number of nitrogens with zero attached hydrogens (tertiary/aromatic N) is 4. The van der Waals surface area contributed by atoms with Crippen LogP contribution in [0.4, 0.5) is 5.82 Å². The summed E-state index contributed by atoms with van der Waals surface area (Å²) in [7, 11) is 0. The van der Waals surface area contributed by atoms with E-state index < -0.39 is 5.60 Å². The van der Waals surface area contributed by atoms with Gasteiger partial charge in [0.1, 0.15) is 11.8 Å². The molecule has 118 valence electrons. The van der Waals surface area contributed by atoms with E-state index in [4.69, 9.17) is 0 Å². The van der Waals surface area contributed by atoms with Gasteiger partial charge in [0.2, 0.25) is 0 Å². The molecule has 0 radical (unpaired) electrons. The van der Waals surface area contributed by atoms with Crippen LogP contribution in [-0.2, 0) is 6.54 Å². The van der Waals surface area contributed by atoms with Crippen LogP contribution in [0.25, 0.3) is 11.2 Å². The van der Waals surface area contributed by atoms with Crippen molar-refractivity contribution >= 4 is 17.0 Å². The summed E-state index contributed by atoms with van der Waals surface area (Å²) in [5, 5.41) is 13.3. The average molecular weight is 309 g/mol. The summed E-state index contributed by atoms with van der Waals surface area (Å²) in [6.45, 7) is 2.56. The van der Waals surface area contributed by atoms with Gasteiger partial charge in [0, 0.05) is 12.6 Å². The van der Waals surface area contributed by atoms with E-state index >= 15 is 0 Å². The molecule has 4 rings (SSSR count). The molecule has 1 fully saturated rings. The Morgan fingerprint density at radius 1 is 1.22 bits per heavy atom. The maximum absolute atomic E-state index is 9.94. The van der Waals surface area contributed by atoms with E-state index in [1.807, 2.05) is 29.7 Å². The van der Waals surface area contributed by atoms with Crippen molar-refractivity contribution in [2.24, 2.45) is 0 Å². The lowest BCUT2D eigenvalue weighted by Crippen LogP contribution is -2.41. The largest absolute Gasteiger partial charge is 0.390 e. The third kappa shape index (κ3) is 2.66. The van der Waals surface area contributed by atoms with Crippen molar-refractivity contribution in [3.05, 3.63) is 48.5 Å². The number of aromatic nitrogens is 4. The highest BCUT2D eigenvalue weighted by atomic mass is 16.3. The number of rotatable bonds is 4. The van der Waals surface area contributed by atoms with E-state index in [-0.39, 0.29) is 6.04 Å². The van der Waals surface area contributed by atoms with Crippen LogP contribution in [0.5, 0.6) is 0 Å². The fraction of sp³-hybridized carbons (Fsp3) is 0.353. The number of hydrogen-bond donors (Lipinski definition) is 2. The fourth-order valence-corrected chi connectivity index (χ4v) is 3.18. The molecule has 3 aromatic rings. The summed E-state index contributed by atoms with van der Waals surface area (Å²) in [4.78, 5) is 13.2. The van der Waals surface area contributed by atoms with Gasteiger partial charge in [0.15, 0.2) is 11.5 Å². The Balaban J connectivity index is 1.58. The predicted molar refractivity (Wildman–Crippen MR) is 88.0 cm³/mol. The number of benzene rings is 1. The van der Waals surface area contributed by atoms with E-state index in [1.165, 1.54) is 5.56 Å². The molecule has 6 nitrogen and oxygen atoms in total. The zero-order valence-electron chi connectivity index (χ0n) is 13.0. The second-order valence-corrected chi connectivity index (χ2v) is 6.44. The minimum absolute atomic E-state index is 0.256. The van der Waals surface area contributed by atoms with Crippen LogP contribution in [0.3, 0.4) is 0 Å². The molecule has 0 aliphatic heterocycles. The van der Waals surface area contributed by atoms with Gasteiger partial charge in [-0.3, -0.25) is 0 Å². The topological polar surface area (TPSA) is 75.9 Å². The number of hydrogen-bond acceptors (Lipinski definition) is 5. The van der Waals surface area contributed by atoms with Crippen molar-refractivity contribution < 1.29 is 5.11 Å². The van der Waals surface area contributed by atoms with E-state index in [0.29, 0.717) is 6.54 Å². The molecule has 0 atom stereocenters. The Hall–Kier alpha value is -2.47. The molecular weight excluding hydrogens is 290 g/mol. The van der Waals surface area contributed by atoms with E-state index in [0.717, 1.165) is 29.8 Å². The zero-order valence-corrected chi connectivity index (χ0v) is 13.0. The highest BCUT2D eigenvalue weighted by Crippen LogP contribution is 2.42. The van der Waals surface area contributed by atoms with Crippen LogP contribution in [0.15, 0.2) is 43.0 Å². The summed E-state index contributed by atoms with van der Waals surface area (Å²) in [6.07, 6.45) is 4.82. The summed E-state index contributed by atoms with van der Waals surface area (Å²) >= 11 is 0. The first-order chi connectivity index (χ1) is 11.1. The Morgan fingerprint density at radius 2 is 2.00 bits per heavy atom. The monoisotopic (exact) mass is 309 g/mol. The number of imidazole rings is 1. The smallest absolute Gasteiger partial charge is 0.165 e. The summed E-state index contributed by atoms with van der Waals surface area (Å²) in [5.74, 6) is 0.740. The molecule has 1 aliphatic rings. The minimum atomic E-state index is -0.567. The molecule has 1 saturated carbocycles. The lowest BCUT2D eigenvalue weighted by Gasteiger charge is -2.41. The first-order valence-electron chi connectivity index (χ1n) is 7.80. The van der Waals surface area contributed by atoms with Crippen molar-refractivity contribution in [1.29, 1.82) is 0 Å². The van der Waals surface area contributed by atoms with Crippen molar-refractivity contribution in [2.75, 3.05) is 5.32 Å². The standard InChI is InChI=1S/C17H19N5O/c1-17(23)7-13(8-17)22-11-21-14-15(19-10-20-16(14)22)18-9-12-5-3-2-4-6-12/h2-6,10-11,13,23H,7-9H2,1H3,(H,18,19,20). The molecule has 0 spiro atoms. The minimum Gasteiger partial charge on any atom is -0.390 e. The van der Waals surface area contributed by atoms with Gasteiger partial charge in [0.25, 0.3) is 0 Å². The molecule has 1 aliphatic carbocycles. The SMILES string of the molecule is CC1(O)CC(n2cnc3c(NCc4ccccc4)ncnc32)C1. The Labute approximate surface area is 134 Å². The van der Waals surface area contributed by atoms with Gasteiger partial charge in [0.05, 0.1) is 11.9 Å². The third-order valence-electron chi connectivity index (χ3n) is 4.41. The Kier molecular flexibility index (Phi) is 3.27. The molecule has 2 aromatic heterocycles. The predicted octanol–water partition coefficient (Wildman–Crippen LogP) is 2.52. The summed E-state index contributed by atoms with van der Waals surface area (Å²) in [6, 6.07) is 10.4. The van der Waals surface area contributed by atoms with Gasteiger partial charge in [-0.25, -0.2) is 15.0 Å². The Bertz CT molecular complexity index is 819. The first-order valence-corrected chi connectivity index (χ1v) is 7.80. The molecule has 2 heterocycles. The lowest BCUT2D eigenvalue weighted by atomic mass is 9.77. The van der Waals surface area contributed by atoms with E-state index in [1.54, 1.807) is 12.7 Å². The van der Waals surface area contributed by atoms with Crippen LogP contribution in [0, 0.1) is 0 Å². The quantitative estimate of drug-likeness (QED) is 0.774. The molecule has 1 aromatic carbocycles. The van der Waals surface area contributed by atoms with Crippen molar-refractivity contribution in [3.63, 3.8) is 0 Å². The molecule has 0 bridgehead atoms. The van der Waals surface area contributed by atoms with Crippen molar-refractivity contribution in [1.82, 2.24) is 19.5 Å².